The fourth-order valence-corrected chi connectivity index (χ4v) is 2.09. The first-order valence-corrected chi connectivity index (χ1v) is 6.87. The second kappa shape index (κ2) is 6.62. The molecule has 0 aliphatic heterocycles. The summed E-state index contributed by atoms with van der Waals surface area (Å²) in [6.45, 7) is 0.142. The topological polar surface area (TPSA) is 32.3 Å². The molecule has 2 rings (SSSR count). The summed E-state index contributed by atoms with van der Waals surface area (Å²) in [6, 6.07) is 7.45. The first-order chi connectivity index (χ1) is 11.1. The Kier molecular flexibility index (Phi) is 4.96. The van der Waals surface area contributed by atoms with Gasteiger partial charge in [-0.3, -0.25) is 0 Å². The molecule has 2 aromatic rings. The first-order valence-electron chi connectivity index (χ1n) is 6.87. The van der Waals surface area contributed by atoms with Gasteiger partial charge in [0.05, 0.1) is 11.1 Å². The van der Waals surface area contributed by atoms with Crippen LogP contribution in [0, 0.1) is 0 Å². The van der Waals surface area contributed by atoms with Gasteiger partial charge in [0, 0.05) is 12.2 Å². The number of aromatic hydroxyl groups is 1. The Morgan fingerprint density at radius 1 is 0.792 bits per heavy atom. The van der Waals surface area contributed by atoms with Gasteiger partial charge in [-0.15, -0.1) is 0 Å². The lowest BCUT2D eigenvalue weighted by Gasteiger charge is -2.14. The molecule has 0 unspecified atom stereocenters. The summed E-state index contributed by atoms with van der Waals surface area (Å²) in [6.07, 6.45) is -9.71. The Morgan fingerprint density at radius 2 is 1.29 bits per heavy atom. The van der Waals surface area contributed by atoms with E-state index in [1.807, 2.05) is 0 Å². The van der Waals surface area contributed by atoms with E-state index in [2.05, 4.69) is 5.32 Å². The second-order valence-electron chi connectivity index (χ2n) is 5.14. The van der Waals surface area contributed by atoms with Crippen LogP contribution in [0.1, 0.15) is 16.7 Å². The van der Waals surface area contributed by atoms with Crippen LogP contribution in [-0.4, -0.2) is 11.7 Å². The van der Waals surface area contributed by atoms with Crippen molar-refractivity contribution in [1.82, 2.24) is 0 Å². The Hall–Kier alpha value is -2.38. The first kappa shape index (κ1) is 18.0. The molecule has 2 nitrogen and oxygen atoms in total. The third kappa shape index (κ3) is 4.81. The van der Waals surface area contributed by atoms with Gasteiger partial charge in [-0.1, -0.05) is 0 Å². The zero-order valence-electron chi connectivity index (χ0n) is 12.2. The third-order valence-electron chi connectivity index (χ3n) is 3.26. The van der Waals surface area contributed by atoms with E-state index in [1.54, 1.807) is 12.1 Å². The Bertz CT molecular complexity index is 659. The highest BCUT2D eigenvalue weighted by Gasteiger charge is 2.36. The lowest BCUT2D eigenvalue weighted by Crippen LogP contribution is -2.13. The van der Waals surface area contributed by atoms with E-state index in [0.29, 0.717) is 17.8 Å². The van der Waals surface area contributed by atoms with Crippen molar-refractivity contribution in [2.75, 3.05) is 11.9 Å². The average molecular weight is 349 g/mol. The maximum absolute atomic E-state index is 12.8. The van der Waals surface area contributed by atoms with Crippen molar-refractivity contribution in [1.29, 1.82) is 0 Å². The molecule has 0 radical (unpaired) electrons. The maximum Gasteiger partial charge on any atom is 0.416 e. The summed E-state index contributed by atoms with van der Waals surface area (Å²) >= 11 is 0. The molecule has 2 aromatic carbocycles. The molecule has 0 heterocycles. The van der Waals surface area contributed by atoms with E-state index in [-0.39, 0.29) is 30.3 Å². The van der Waals surface area contributed by atoms with Gasteiger partial charge >= 0.3 is 12.4 Å². The van der Waals surface area contributed by atoms with Crippen LogP contribution in [0.3, 0.4) is 0 Å². The predicted octanol–water partition coefficient (Wildman–Crippen LogP) is 5.08. The van der Waals surface area contributed by atoms with Gasteiger partial charge in [-0.05, 0) is 54.4 Å². The number of halogens is 6. The summed E-state index contributed by atoms with van der Waals surface area (Å²) in [5.74, 6) is 0.0493. The number of rotatable bonds is 4. The van der Waals surface area contributed by atoms with E-state index in [1.165, 1.54) is 12.1 Å². The lowest BCUT2D eigenvalue weighted by atomic mass is 10.0. The number of anilines is 1. The molecule has 0 fully saturated rings. The summed E-state index contributed by atoms with van der Waals surface area (Å²) in [7, 11) is 0. The molecule has 0 amide bonds. The van der Waals surface area contributed by atoms with Gasteiger partial charge in [0.25, 0.3) is 0 Å². The summed E-state index contributed by atoms with van der Waals surface area (Å²) < 4.78 is 76.5. The number of nitrogens with one attached hydrogen (secondary N) is 1. The lowest BCUT2D eigenvalue weighted by molar-refractivity contribution is -0.143. The van der Waals surface area contributed by atoms with Crippen molar-refractivity contribution in [3.63, 3.8) is 0 Å². The van der Waals surface area contributed by atoms with Gasteiger partial charge in [-0.2, -0.15) is 26.3 Å². The minimum absolute atomic E-state index is 0.0200. The molecule has 0 saturated heterocycles. The highest BCUT2D eigenvalue weighted by molar-refractivity contribution is 5.46. The van der Waals surface area contributed by atoms with Crippen molar-refractivity contribution >= 4 is 5.69 Å². The quantitative estimate of drug-likeness (QED) is 0.596. The molecule has 0 saturated carbocycles. The molecule has 0 bridgehead atoms. The van der Waals surface area contributed by atoms with E-state index in [0.717, 1.165) is 0 Å². The fraction of sp³-hybridized carbons (Fsp3) is 0.250. The van der Waals surface area contributed by atoms with Crippen LogP contribution >= 0.6 is 0 Å². The van der Waals surface area contributed by atoms with Crippen LogP contribution in [0.25, 0.3) is 0 Å². The van der Waals surface area contributed by atoms with Crippen LogP contribution in [0.5, 0.6) is 5.75 Å². The van der Waals surface area contributed by atoms with Crippen molar-refractivity contribution < 1.29 is 31.4 Å². The molecule has 0 atom stereocenters. The highest BCUT2D eigenvalue weighted by atomic mass is 19.4. The van der Waals surface area contributed by atoms with Gasteiger partial charge in [0.2, 0.25) is 0 Å². The largest absolute Gasteiger partial charge is 0.508 e. The van der Waals surface area contributed by atoms with E-state index >= 15 is 0 Å². The third-order valence-corrected chi connectivity index (χ3v) is 3.26. The van der Waals surface area contributed by atoms with E-state index in [4.69, 9.17) is 5.11 Å². The number of phenolic OH excluding ortho intramolecular Hbond substituents is 1. The van der Waals surface area contributed by atoms with Gasteiger partial charge < -0.3 is 10.4 Å². The predicted molar refractivity (Wildman–Crippen MR) is 76.7 cm³/mol. The maximum atomic E-state index is 12.8. The fourth-order valence-electron chi connectivity index (χ4n) is 2.09. The minimum atomic E-state index is -4.85. The number of benzene rings is 2. The van der Waals surface area contributed by atoms with Crippen LogP contribution in [0.4, 0.5) is 32.0 Å². The normalized spacial score (nSPS) is 12.2. The monoisotopic (exact) mass is 349 g/mol. The van der Waals surface area contributed by atoms with Gasteiger partial charge in [0.1, 0.15) is 5.75 Å². The Labute approximate surface area is 133 Å². The number of alkyl halides is 6. The van der Waals surface area contributed by atoms with Crippen LogP contribution in [-0.2, 0) is 18.8 Å². The Balaban J connectivity index is 2.15. The van der Waals surface area contributed by atoms with Crippen molar-refractivity contribution in [3.8, 4) is 5.75 Å². The minimum Gasteiger partial charge on any atom is -0.508 e. The number of phenols is 1. The molecule has 2 N–H and O–H groups in total. The molecule has 8 heteroatoms. The highest BCUT2D eigenvalue weighted by Crippen LogP contribution is 2.36. The zero-order chi connectivity index (χ0) is 18.0. The van der Waals surface area contributed by atoms with Crippen LogP contribution < -0.4 is 5.32 Å². The zero-order valence-corrected chi connectivity index (χ0v) is 12.2. The van der Waals surface area contributed by atoms with Crippen molar-refractivity contribution in [2.24, 2.45) is 0 Å². The average Bonchev–Trinajstić information content (AvgIpc) is 2.47. The van der Waals surface area contributed by atoms with Crippen LogP contribution in [0.15, 0.2) is 42.5 Å². The molecule has 0 aliphatic carbocycles. The summed E-state index contributed by atoms with van der Waals surface area (Å²) in [4.78, 5) is 0. The molecule has 24 heavy (non-hydrogen) atoms. The molecular formula is C16H13F6NO. The van der Waals surface area contributed by atoms with Gasteiger partial charge in [-0.25, -0.2) is 0 Å². The van der Waals surface area contributed by atoms with E-state index < -0.39 is 23.5 Å². The SMILES string of the molecule is Oc1ccc(NCCc2cc(C(F)(F)F)cc(C(F)(F)F)c2)cc1. The summed E-state index contributed by atoms with van der Waals surface area (Å²) in [5, 5.41) is 12.0. The second-order valence-corrected chi connectivity index (χ2v) is 5.14. The standard InChI is InChI=1S/C16H13F6NO/c17-15(18,19)11-7-10(8-12(9-11)16(20,21)22)5-6-23-13-1-3-14(24)4-2-13/h1-4,7-9,23-24H,5-6H2. The molecule has 0 aliphatic rings. The van der Waals surface area contributed by atoms with Crippen LogP contribution in [0.2, 0.25) is 0 Å². The summed E-state index contributed by atoms with van der Waals surface area (Å²) in [5.41, 5.74) is -2.12. The van der Waals surface area contributed by atoms with Crippen molar-refractivity contribution in [3.05, 3.63) is 59.2 Å². The molecule has 0 aromatic heterocycles. The molecular weight excluding hydrogens is 336 g/mol. The molecule has 0 spiro atoms. The number of hydrogen-bond acceptors (Lipinski definition) is 2. The van der Waals surface area contributed by atoms with Gasteiger partial charge in [0.15, 0.2) is 0 Å². The van der Waals surface area contributed by atoms with E-state index in [9.17, 15) is 26.3 Å². The number of hydrogen-bond donors (Lipinski definition) is 2. The Morgan fingerprint density at radius 3 is 1.75 bits per heavy atom. The van der Waals surface area contributed by atoms with Crippen molar-refractivity contribution in [2.45, 2.75) is 18.8 Å². The smallest absolute Gasteiger partial charge is 0.416 e. The molecule has 130 valence electrons.